The highest BCUT2D eigenvalue weighted by molar-refractivity contribution is 5.86. The minimum atomic E-state index is -0.529. The standard InChI is InChI=1S/C19H20N4O2/c1-13(15-9-10-23-17(11-15)20-12-21-23)14-5-7-16(8-6-14)22-18(24)25-19(2,3)4/h5-12H,1H2,2-4H3,(H,22,24). The van der Waals surface area contributed by atoms with Gasteiger partial charge in [-0.25, -0.2) is 14.3 Å². The van der Waals surface area contributed by atoms with E-state index in [0.717, 1.165) is 22.3 Å². The van der Waals surface area contributed by atoms with Gasteiger partial charge >= 0.3 is 6.09 Å². The van der Waals surface area contributed by atoms with Gasteiger partial charge in [0.25, 0.3) is 0 Å². The topological polar surface area (TPSA) is 68.5 Å². The number of benzene rings is 1. The van der Waals surface area contributed by atoms with Crippen LogP contribution >= 0.6 is 0 Å². The first-order valence-corrected chi connectivity index (χ1v) is 7.91. The maximum Gasteiger partial charge on any atom is 0.412 e. The highest BCUT2D eigenvalue weighted by Crippen LogP contribution is 2.23. The van der Waals surface area contributed by atoms with Crippen LogP contribution in [0.15, 0.2) is 55.5 Å². The largest absolute Gasteiger partial charge is 0.444 e. The van der Waals surface area contributed by atoms with Gasteiger partial charge in [0.2, 0.25) is 0 Å². The Bertz CT molecular complexity index is 920. The number of anilines is 1. The van der Waals surface area contributed by atoms with Gasteiger partial charge in [-0.15, -0.1) is 0 Å². The van der Waals surface area contributed by atoms with Crippen LogP contribution in [0.2, 0.25) is 0 Å². The van der Waals surface area contributed by atoms with Crippen LogP contribution in [0.25, 0.3) is 11.2 Å². The number of aromatic nitrogens is 3. The van der Waals surface area contributed by atoms with Gasteiger partial charge in [-0.1, -0.05) is 18.7 Å². The molecule has 0 radical (unpaired) electrons. The third-order valence-corrected chi connectivity index (χ3v) is 3.51. The number of rotatable bonds is 3. The first-order valence-electron chi connectivity index (χ1n) is 7.91. The molecule has 1 N–H and O–H groups in total. The summed E-state index contributed by atoms with van der Waals surface area (Å²) in [6.07, 6.45) is 2.89. The quantitative estimate of drug-likeness (QED) is 0.780. The Hall–Kier alpha value is -3.15. The maximum absolute atomic E-state index is 11.8. The van der Waals surface area contributed by atoms with E-state index < -0.39 is 11.7 Å². The molecule has 2 heterocycles. The molecule has 2 aromatic heterocycles. The normalized spacial score (nSPS) is 11.3. The summed E-state index contributed by atoms with van der Waals surface area (Å²) in [6.45, 7) is 9.63. The molecule has 3 rings (SSSR count). The van der Waals surface area contributed by atoms with Gasteiger partial charge in [-0.05, 0) is 61.7 Å². The number of carbonyl (C=O) groups is 1. The van der Waals surface area contributed by atoms with Gasteiger partial charge < -0.3 is 4.74 Å². The lowest BCUT2D eigenvalue weighted by atomic mass is 10.0. The summed E-state index contributed by atoms with van der Waals surface area (Å²) in [6, 6.07) is 11.3. The predicted molar refractivity (Wildman–Crippen MR) is 97.4 cm³/mol. The Morgan fingerprint density at radius 1 is 1.16 bits per heavy atom. The van der Waals surface area contributed by atoms with E-state index >= 15 is 0 Å². The van der Waals surface area contributed by atoms with E-state index in [2.05, 4.69) is 22.0 Å². The number of hydrogen-bond acceptors (Lipinski definition) is 4. The summed E-state index contributed by atoms with van der Waals surface area (Å²) in [5.74, 6) is 0. The summed E-state index contributed by atoms with van der Waals surface area (Å²) in [5.41, 5.74) is 3.69. The molecule has 6 heteroatoms. The molecule has 0 spiro atoms. The van der Waals surface area contributed by atoms with Gasteiger partial charge in [-0.2, -0.15) is 5.10 Å². The van der Waals surface area contributed by atoms with Crippen molar-refractivity contribution in [3.8, 4) is 0 Å². The zero-order valence-corrected chi connectivity index (χ0v) is 14.5. The summed E-state index contributed by atoms with van der Waals surface area (Å²) < 4.78 is 6.94. The molecular weight excluding hydrogens is 316 g/mol. The Balaban J connectivity index is 1.73. The van der Waals surface area contributed by atoms with Crippen molar-refractivity contribution < 1.29 is 9.53 Å². The van der Waals surface area contributed by atoms with Gasteiger partial charge in [0.15, 0.2) is 5.65 Å². The van der Waals surface area contributed by atoms with Gasteiger partial charge in [0.1, 0.15) is 11.9 Å². The maximum atomic E-state index is 11.8. The molecule has 0 atom stereocenters. The summed E-state index contributed by atoms with van der Waals surface area (Å²) >= 11 is 0. The van der Waals surface area contributed by atoms with Crippen LogP contribution in [0.1, 0.15) is 31.9 Å². The summed E-state index contributed by atoms with van der Waals surface area (Å²) in [4.78, 5) is 16.0. The number of nitrogens with zero attached hydrogens (tertiary/aromatic N) is 3. The van der Waals surface area contributed by atoms with Crippen molar-refractivity contribution in [2.45, 2.75) is 26.4 Å². The molecule has 6 nitrogen and oxygen atoms in total. The van der Waals surface area contributed by atoms with Crippen LogP contribution in [-0.2, 0) is 4.74 Å². The predicted octanol–water partition coefficient (Wildman–Crippen LogP) is 4.14. The fraction of sp³-hybridized carbons (Fsp3) is 0.211. The Morgan fingerprint density at radius 3 is 2.56 bits per heavy atom. The van der Waals surface area contributed by atoms with Gasteiger partial charge in [-0.3, -0.25) is 5.32 Å². The molecule has 0 fully saturated rings. The molecule has 0 bridgehead atoms. The number of pyridine rings is 1. The lowest BCUT2D eigenvalue weighted by Gasteiger charge is -2.19. The minimum Gasteiger partial charge on any atom is -0.444 e. The molecule has 0 aliphatic heterocycles. The second-order valence-electron chi connectivity index (χ2n) is 6.66. The highest BCUT2D eigenvalue weighted by atomic mass is 16.6. The molecule has 0 unspecified atom stereocenters. The number of fused-ring (bicyclic) bond motifs is 1. The fourth-order valence-electron chi connectivity index (χ4n) is 2.35. The second kappa shape index (κ2) is 6.39. The van der Waals surface area contributed by atoms with E-state index in [1.54, 1.807) is 4.52 Å². The Labute approximate surface area is 146 Å². The zero-order valence-electron chi connectivity index (χ0n) is 14.5. The van der Waals surface area contributed by atoms with E-state index in [-0.39, 0.29) is 0 Å². The third kappa shape index (κ3) is 4.03. The molecule has 0 saturated heterocycles. The smallest absolute Gasteiger partial charge is 0.412 e. The van der Waals surface area contributed by atoms with Crippen LogP contribution in [0.3, 0.4) is 0 Å². The van der Waals surface area contributed by atoms with Crippen molar-refractivity contribution in [3.05, 3.63) is 66.6 Å². The molecule has 0 saturated carbocycles. The van der Waals surface area contributed by atoms with E-state index in [4.69, 9.17) is 4.74 Å². The second-order valence-corrected chi connectivity index (χ2v) is 6.66. The van der Waals surface area contributed by atoms with Crippen molar-refractivity contribution >= 4 is 23.0 Å². The van der Waals surface area contributed by atoms with Crippen molar-refractivity contribution in [3.63, 3.8) is 0 Å². The SMILES string of the molecule is C=C(c1ccc(NC(=O)OC(C)(C)C)cc1)c1ccn2ncnc2c1. The Kier molecular flexibility index (Phi) is 4.27. The van der Waals surface area contributed by atoms with Crippen LogP contribution in [-0.4, -0.2) is 26.3 Å². The molecule has 3 aromatic rings. The average Bonchev–Trinajstić information content (AvgIpc) is 3.00. The van der Waals surface area contributed by atoms with Crippen LogP contribution in [0.4, 0.5) is 10.5 Å². The number of carbonyl (C=O) groups excluding carboxylic acids is 1. The van der Waals surface area contributed by atoms with Crippen molar-refractivity contribution in [2.75, 3.05) is 5.32 Å². The van der Waals surface area contributed by atoms with E-state index in [1.807, 2.05) is 63.4 Å². The molecular formula is C19H20N4O2. The fourth-order valence-corrected chi connectivity index (χ4v) is 2.35. The molecule has 1 amide bonds. The zero-order chi connectivity index (χ0) is 18.0. The third-order valence-electron chi connectivity index (χ3n) is 3.51. The first kappa shape index (κ1) is 16.7. The lowest BCUT2D eigenvalue weighted by molar-refractivity contribution is 0.0636. The van der Waals surface area contributed by atoms with Gasteiger partial charge in [0.05, 0.1) is 0 Å². The number of nitrogens with one attached hydrogen (secondary N) is 1. The lowest BCUT2D eigenvalue weighted by Crippen LogP contribution is -2.27. The van der Waals surface area contributed by atoms with Gasteiger partial charge in [0, 0.05) is 11.9 Å². The van der Waals surface area contributed by atoms with E-state index in [9.17, 15) is 4.79 Å². The van der Waals surface area contributed by atoms with Crippen LogP contribution < -0.4 is 5.32 Å². The molecule has 1 aromatic carbocycles. The highest BCUT2D eigenvalue weighted by Gasteiger charge is 2.16. The van der Waals surface area contributed by atoms with Crippen LogP contribution in [0, 0.1) is 0 Å². The van der Waals surface area contributed by atoms with E-state index in [1.165, 1.54) is 6.33 Å². The molecule has 128 valence electrons. The summed E-state index contributed by atoms with van der Waals surface area (Å²) in [5, 5.41) is 6.79. The molecule has 0 aliphatic carbocycles. The first-order chi connectivity index (χ1) is 11.8. The number of hydrogen-bond donors (Lipinski definition) is 1. The Morgan fingerprint density at radius 2 is 1.88 bits per heavy atom. The van der Waals surface area contributed by atoms with Crippen molar-refractivity contribution in [1.82, 2.24) is 14.6 Å². The monoisotopic (exact) mass is 336 g/mol. The van der Waals surface area contributed by atoms with E-state index in [0.29, 0.717) is 5.69 Å². The average molecular weight is 336 g/mol. The number of ether oxygens (including phenoxy) is 1. The van der Waals surface area contributed by atoms with Crippen molar-refractivity contribution in [2.24, 2.45) is 0 Å². The molecule has 0 aliphatic rings. The van der Waals surface area contributed by atoms with Crippen molar-refractivity contribution in [1.29, 1.82) is 0 Å². The number of amides is 1. The molecule has 25 heavy (non-hydrogen) atoms. The summed E-state index contributed by atoms with van der Waals surface area (Å²) in [7, 11) is 0. The minimum absolute atomic E-state index is 0.476. The van der Waals surface area contributed by atoms with Crippen LogP contribution in [0.5, 0.6) is 0 Å².